The smallest absolute Gasteiger partial charge is 0.305 e. The summed E-state index contributed by atoms with van der Waals surface area (Å²) in [4.78, 5) is 18.0. The number of aliphatic carboxylic acids is 1. The summed E-state index contributed by atoms with van der Waals surface area (Å²) >= 11 is 3.47. The van der Waals surface area contributed by atoms with Gasteiger partial charge in [-0.25, -0.2) is 9.38 Å². The predicted octanol–water partition coefficient (Wildman–Crippen LogP) is 6.65. The third-order valence-electron chi connectivity index (χ3n) is 5.35. The molecular weight excluding hydrogens is 514 g/mol. The fourth-order valence-electron chi connectivity index (χ4n) is 3.56. The minimum Gasteiger partial charge on any atom is -0.481 e. The van der Waals surface area contributed by atoms with Gasteiger partial charge >= 0.3 is 5.97 Å². The second-order valence-electron chi connectivity index (χ2n) is 8.00. The Kier molecular flexibility index (Phi) is 8.76. The van der Waals surface area contributed by atoms with E-state index in [9.17, 15) is 9.90 Å². The summed E-state index contributed by atoms with van der Waals surface area (Å²) in [6.45, 7) is 6.07. The van der Waals surface area contributed by atoms with E-state index in [1.165, 1.54) is 0 Å². The molecule has 0 radical (unpaired) electrons. The van der Waals surface area contributed by atoms with E-state index in [4.69, 9.17) is 4.99 Å². The highest BCUT2D eigenvalue weighted by molar-refractivity contribution is 9.10. The maximum Gasteiger partial charge on any atom is 0.305 e. The number of hydrogen-bond donors (Lipinski definition) is 1. The van der Waals surface area contributed by atoms with E-state index < -0.39 is 11.4 Å². The van der Waals surface area contributed by atoms with Crippen LogP contribution in [0.1, 0.15) is 28.7 Å². The number of carbonyl (C=O) groups is 1. The van der Waals surface area contributed by atoms with E-state index in [0.29, 0.717) is 17.1 Å². The molecule has 0 aliphatic rings. The van der Waals surface area contributed by atoms with Crippen LogP contribution in [0.15, 0.2) is 94.9 Å². The maximum atomic E-state index is 16.0. The SMILES string of the molecule is C=C(N=C(c1ccccc1C)N(CCC(=O)O)CC(F)(P)c1ccccc1)c1cccc(Br)c1. The molecule has 0 fully saturated rings. The van der Waals surface area contributed by atoms with Gasteiger partial charge in [0.25, 0.3) is 0 Å². The van der Waals surface area contributed by atoms with E-state index in [1.54, 1.807) is 29.2 Å². The molecule has 0 spiro atoms. The van der Waals surface area contributed by atoms with E-state index in [1.807, 2.05) is 61.5 Å². The molecule has 3 aromatic carbocycles. The molecule has 1 N–H and O–H groups in total. The first-order chi connectivity index (χ1) is 16.2. The van der Waals surface area contributed by atoms with Crippen molar-refractivity contribution in [3.05, 3.63) is 112 Å². The average Bonchev–Trinajstić information content (AvgIpc) is 2.81. The first kappa shape index (κ1) is 25.8. The van der Waals surface area contributed by atoms with Crippen LogP contribution in [0, 0.1) is 6.92 Å². The van der Waals surface area contributed by atoms with Crippen LogP contribution in [0.4, 0.5) is 4.39 Å². The molecule has 3 aromatic rings. The van der Waals surface area contributed by atoms with Crippen LogP contribution in [-0.2, 0) is 10.2 Å². The van der Waals surface area contributed by atoms with E-state index >= 15 is 4.39 Å². The van der Waals surface area contributed by atoms with Crippen LogP contribution in [0.2, 0.25) is 0 Å². The van der Waals surface area contributed by atoms with Gasteiger partial charge in [0.1, 0.15) is 5.84 Å². The first-order valence-corrected chi connectivity index (χ1v) is 12.1. The second kappa shape index (κ2) is 11.5. The Morgan fingerprint density at radius 1 is 1.12 bits per heavy atom. The number of alkyl halides is 1. The number of amidine groups is 1. The number of carboxylic acid groups (broad SMARTS) is 1. The molecule has 0 bridgehead atoms. The van der Waals surface area contributed by atoms with Crippen molar-refractivity contribution in [2.45, 2.75) is 18.8 Å². The molecule has 0 aliphatic carbocycles. The van der Waals surface area contributed by atoms with Gasteiger partial charge in [-0.05, 0) is 30.2 Å². The van der Waals surface area contributed by atoms with Crippen LogP contribution in [0.3, 0.4) is 0 Å². The molecule has 0 amide bonds. The quantitative estimate of drug-likeness (QED) is 0.188. The summed E-state index contributed by atoms with van der Waals surface area (Å²) in [6.07, 6.45) is -0.163. The Morgan fingerprint density at radius 3 is 2.44 bits per heavy atom. The number of carboxylic acids is 1. The number of halogens is 2. The number of nitrogens with zero attached hydrogens (tertiary/aromatic N) is 2. The number of hydrogen-bond acceptors (Lipinski definition) is 2. The molecule has 0 saturated carbocycles. The van der Waals surface area contributed by atoms with Crippen molar-refractivity contribution < 1.29 is 14.3 Å². The standard InChI is InChI=1S/C27H27BrFN2O2P/c1-19-9-6-7-14-24(19)26(30-20(2)21-10-8-13-23(28)17-21)31(16-15-25(32)33)18-27(29,34)22-11-4-3-5-12-22/h3-14,17H,2,15-16,18,34H2,1H3,(H,32,33). The van der Waals surface area contributed by atoms with Crippen LogP contribution in [-0.4, -0.2) is 34.9 Å². The summed E-state index contributed by atoms with van der Waals surface area (Å²) in [6, 6.07) is 24.1. The molecule has 0 heterocycles. The van der Waals surface area contributed by atoms with Crippen LogP contribution in [0.25, 0.3) is 5.70 Å². The maximum absolute atomic E-state index is 16.0. The minimum atomic E-state index is -1.82. The second-order valence-corrected chi connectivity index (χ2v) is 9.83. The highest BCUT2D eigenvalue weighted by atomic mass is 79.9. The monoisotopic (exact) mass is 540 g/mol. The zero-order valence-electron chi connectivity index (χ0n) is 18.9. The van der Waals surface area contributed by atoms with Crippen molar-refractivity contribution in [1.29, 1.82) is 0 Å². The van der Waals surface area contributed by atoms with Gasteiger partial charge in [0.15, 0.2) is 5.41 Å². The summed E-state index contributed by atoms with van der Waals surface area (Å²) < 4.78 is 16.9. The minimum absolute atomic E-state index is 0.0845. The predicted molar refractivity (Wildman–Crippen MR) is 144 cm³/mol. The Balaban J connectivity index is 2.10. The van der Waals surface area contributed by atoms with Crippen molar-refractivity contribution in [2.24, 2.45) is 4.99 Å². The van der Waals surface area contributed by atoms with Crippen LogP contribution >= 0.6 is 25.2 Å². The fraction of sp³-hybridized carbons (Fsp3) is 0.185. The average molecular weight is 541 g/mol. The summed E-state index contributed by atoms with van der Waals surface area (Å²) in [5.74, 6) is -0.488. The largest absolute Gasteiger partial charge is 0.481 e. The van der Waals surface area contributed by atoms with E-state index in [2.05, 4.69) is 31.7 Å². The Bertz CT molecular complexity index is 1200. The lowest BCUT2D eigenvalue weighted by Crippen LogP contribution is -2.41. The van der Waals surface area contributed by atoms with Crippen molar-refractivity contribution in [3.63, 3.8) is 0 Å². The number of benzene rings is 3. The topological polar surface area (TPSA) is 52.9 Å². The molecule has 3 rings (SSSR count). The summed E-state index contributed by atoms with van der Waals surface area (Å²) in [7, 11) is 2.28. The summed E-state index contributed by atoms with van der Waals surface area (Å²) in [5.41, 5.74) is 3.51. The molecule has 2 atom stereocenters. The number of aliphatic imine (C=N–C) groups is 1. The van der Waals surface area contributed by atoms with Gasteiger partial charge in [-0.1, -0.05) is 98.5 Å². The van der Waals surface area contributed by atoms with Crippen molar-refractivity contribution in [3.8, 4) is 0 Å². The van der Waals surface area contributed by atoms with E-state index in [0.717, 1.165) is 21.2 Å². The fourth-order valence-corrected chi connectivity index (χ4v) is 4.37. The highest BCUT2D eigenvalue weighted by Crippen LogP contribution is 2.35. The first-order valence-electron chi connectivity index (χ1n) is 10.8. The summed E-state index contributed by atoms with van der Waals surface area (Å²) in [5, 5.41) is 7.57. The Labute approximate surface area is 210 Å². The van der Waals surface area contributed by atoms with Gasteiger partial charge in [0, 0.05) is 22.1 Å². The third-order valence-corrected chi connectivity index (χ3v) is 6.36. The zero-order valence-corrected chi connectivity index (χ0v) is 21.7. The van der Waals surface area contributed by atoms with Gasteiger partial charge in [-0.2, -0.15) is 0 Å². The molecule has 4 nitrogen and oxygen atoms in total. The zero-order chi connectivity index (χ0) is 24.7. The lowest BCUT2D eigenvalue weighted by Gasteiger charge is -2.33. The Morgan fingerprint density at radius 2 is 1.79 bits per heavy atom. The molecule has 34 heavy (non-hydrogen) atoms. The van der Waals surface area contributed by atoms with Gasteiger partial charge in [0.05, 0.1) is 18.7 Å². The van der Waals surface area contributed by atoms with E-state index in [-0.39, 0.29) is 19.5 Å². The lowest BCUT2D eigenvalue weighted by molar-refractivity contribution is -0.137. The van der Waals surface area contributed by atoms with Crippen LogP contribution < -0.4 is 0 Å². The molecule has 0 aromatic heterocycles. The van der Waals surface area contributed by atoms with Gasteiger partial charge in [-0.3, -0.25) is 4.79 Å². The van der Waals surface area contributed by atoms with Gasteiger partial charge in [0.2, 0.25) is 0 Å². The normalized spacial score (nSPS) is 13.2. The van der Waals surface area contributed by atoms with Crippen LogP contribution in [0.5, 0.6) is 0 Å². The third kappa shape index (κ3) is 6.85. The van der Waals surface area contributed by atoms with Crippen molar-refractivity contribution in [1.82, 2.24) is 4.90 Å². The van der Waals surface area contributed by atoms with Gasteiger partial charge in [-0.15, -0.1) is 0 Å². The lowest BCUT2D eigenvalue weighted by atomic mass is 10.0. The molecule has 0 saturated heterocycles. The van der Waals surface area contributed by atoms with Crippen molar-refractivity contribution in [2.75, 3.05) is 13.1 Å². The Hall–Kier alpha value is -2.82. The number of rotatable bonds is 9. The molecular formula is C27H27BrFN2O2P. The number of aryl methyl sites for hydroxylation is 1. The highest BCUT2D eigenvalue weighted by Gasteiger charge is 2.31. The molecule has 7 heteroatoms. The molecule has 2 unspecified atom stereocenters. The molecule has 0 aliphatic heterocycles. The van der Waals surface area contributed by atoms with Crippen molar-refractivity contribution >= 4 is 42.7 Å². The van der Waals surface area contributed by atoms with Gasteiger partial charge < -0.3 is 10.0 Å². The molecule has 176 valence electrons.